The Kier molecular flexibility index (Phi) is 6.33. The SMILES string of the molecule is CCCCC(=O)O[C@@H](N)CCc1ccccc1. The molecule has 0 radical (unpaired) electrons. The minimum atomic E-state index is -0.487. The maximum absolute atomic E-state index is 11.3. The van der Waals surface area contributed by atoms with E-state index in [-0.39, 0.29) is 5.97 Å². The molecular formula is C14H21NO2. The number of aryl methyl sites for hydroxylation is 1. The molecule has 0 aliphatic rings. The summed E-state index contributed by atoms with van der Waals surface area (Å²) in [6.07, 6.45) is 3.35. The zero-order valence-corrected chi connectivity index (χ0v) is 10.4. The van der Waals surface area contributed by atoms with E-state index in [2.05, 4.69) is 0 Å². The van der Waals surface area contributed by atoms with Crippen molar-refractivity contribution in [2.45, 2.75) is 45.3 Å². The summed E-state index contributed by atoms with van der Waals surface area (Å²) in [5, 5.41) is 0. The predicted molar refractivity (Wildman–Crippen MR) is 68.4 cm³/mol. The van der Waals surface area contributed by atoms with Crippen LogP contribution in [-0.2, 0) is 16.0 Å². The third-order valence-corrected chi connectivity index (χ3v) is 2.58. The summed E-state index contributed by atoms with van der Waals surface area (Å²) in [5.74, 6) is -0.188. The fraction of sp³-hybridized carbons (Fsp3) is 0.500. The highest BCUT2D eigenvalue weighted by Crippen LogP contribution is 2.06. The molecule has 1 rings (SSSR count). The molecule has 0 saturated heterocycles. The van der Waals surface area contributed by atoms with Crippen LogP contribution in [0.5, 0.6) is 0 Å². The van der Waals surface area contributed by atoms with Crippen molar-refractivity contribution < 1.29 is 9.53 Å². The van der Waals surface area contributed by atoms with Gasteiger partial charge < -0.3 is 4.74 Å². The number of ether oxygens (including phenoxy) is 1. The van der Waals surface area contributed by atoms with Gasteiger partial charge in [0.15, 0.2) is 6.23 Å². The van der Waals surface area contributed by atoms with E-state index >= 15 is 0 Å². The molecule has 0 saturated carbocycles. The van der Waals surface area contributed by atoms with E-state index in [0.717, 1.165) is 19.3 Å². The Morgan fingerprint density at radius 1 is 1.35 bits per heavy atom. The summed E-state index contributed by atoms with van der Waals surface area (Å²) >= 11 is 0. The lowest BCUT2D eigenvalue weighted by molar-refractivity contribution is -0.149. The molecule has 0 aromatic heterocycles. The van der Waals surface area contributed by atoms with Gasteiger partial charge >= 0.3 is 5.97 Å². The summed E-state index contributed by atoms with van der Waals surface area (Å²) in [6, 6.07) is 10.1. The molecule has 2 N–H and O–H groups in total. The summed E-state index contributed by atoms with van der Waals surface area (Å²) < 4.78 is 5.11. The molecule has 17 heavy (non-hydrogen) atoms. The second kappa shape index (κ2) is 7.85. The molecule has 0 aliphatic carbocycles. The fourth-order valence-corrected chi connectivity index (χ4v) is 1.56. The topological polar surface area (TPSA) is 52.3 Å². The maximum Gasteiger partial charge on any atom is 0.307 e. The zero-order chi connectivity index (χ0) is 12.5. The van der Waals surface area contributed by atoms with Gasteiger partial charge in [-0.25, -0.2) is 0 Å². The lowest BCUT2D eigenvalue weighted by Crippen LogP contribution is -2.27. The molecule has 0 amide bonds. The number of carbonyl (C=O) groups excluding carboxylic acids is 1. The molecule has 3 heteroatoms. The number of hydrogen-bond donors (Lipinski definition) is 1. The Balaban J connectivity index is 2.21. The quantitative estimate of drug-likeness (QED) is 0.584. The van der Waals surface area contributed by atoms with Gasteiger partial charge in [-0.15, -0.1) is 0 Å². The number of esters is 1. The number of unbranched alkanes of at least 4 members (excludes halogenated alkanes) is 1. The minimum Gasteiger partial charge on any atom is -0.447 e. The van der Waals surface area contributed by atoms with Gasteiger partial charge in [-0.3, -0.25) is 10.5 Å². The largest absolute Gasteiger partial charge is 0.447 e. The van der Waals surface area contributed by atoms with Crippen LogP contribution >= 0.6 is 0 Å². The molecule has 0 unspecified atom stereocenters. The van der Waals surface area contributed by atoms with E-state index in [1.165, 1.54) is 5.56 Å². The van der Waals surface area contributed by atoms with Gasteiger partial charge in [0.1, 0.15) is 0 Å². The van der Waals surface area contributed by atoms with Crippen LogP contribution < -0.4 is 5.73 Å². The highest BCUT2D eigenvalue weighted by atomic mass is 16.6. The number of rotatable bonds is 7. The normalized spacial score (nSPS) is 12.1. The molecule has 0 spiro atoms. The van der Waals surface area contributed by atoms with Gasteiger partial charge in [0.05, 0.1) is 0 Å². The summed E-state index contributed by atoms with van der Waals surface area (Å²) in [5.41, 5.74) is 6.97. The molecular weight excluding hydrogens is 214 g/mol. The molecule has 0 heterocycles. The Hall–Kier alpha value is -1.35. The molecule has 1 aromatic rings. The summed E-state index contributed by atoms with van der Waals surface area (Å²) in [4.78, 5) is 11.3. The number of carbonyl (C=O) groups is 1. The molecule has 3 nitrogen and oxygen atoms in total. The Bertz CT molecular complexity index is 324. The van der Waals surface area contributed by atoms with Crippen LogP contribution in [0.25, 0.3) is 0 Å². The second-order valence-corrected chi connectivity index (χ2v) is 4.16. The highest BCUT2D eigenvalue weighted by molar-refractivity contribution is 5.69. The Morgan fingerprint density at radius 2 is 2.06 bits per heavy atom. The zero-order valence-electron chi connectivity index (χ0n) is 10.4. The minimum absolute atomic E-state index is 0.188. The van der Waals surface area contributed by atoms with E-state index in [0.29, 0.717) is 12.8 Å². The van der Waals surface area contributed by atoms with Crippen molar-refractivity contribution in [2.75, 3.05) is 0 Å². The number of hydrogen-bond acceptors (Lipinski definition) is 3. The van der Waals surface area contributed by atoms with Crippen molar-refractivity contribution in [3.8, 4) is 0 Å². The van der Waals surface area contributed by atoms with E-state index in [4.69, 9.17) is 10.5 Å². The average Bonchev–Trinajstić information content (AvgIpc) is 2.35. The van der Waals surface area contributed by atoms with Crippen LogP contribution in [-0.4, -0.2) is 12.2 Å². The number of benzene rings is 1. The highest BCUT2D eigenvalue weighted by Gasteiger charge is 2.09. The van der Waals surface area contributed by atoms with E-state index in [1.54, 1.807) is 0 Å². The fourth-order valence-electron chi connectivity index (χ4n) is 1.56. The Labute approximate surface area is 103 Å². The monoisotopic (exact) mass is 235 g/mol. The molecule has 0 bridgehead atoms. The third-order valence-electron chi connectivity index (χ3n) is 2.58. The van der Waals surface area contributed by atoms with E-state index in [1.807, 2.05) is 37.3 Å². The molecule has 94 valence electrons. The summed E-state index contributed by atoms with van der Waals surface area (Å²) in [6.45, 7) is 2.04. The van der Waals surface area contributed by atoms with E-state index < -0.39 is 6.23 Å². The van der Waals surface area contributed by atoms with E-state index in [9.17, 15) is 4.79 Å². The van der Waals surface area contributed by atoms with Crippen LogP contribution in [0.3, 0.4) is 0 Å². The van der Waals surface area contributed by atoms with Crippen molar-refractivity contribution in [1.82, 2.24) is 0 Å². The Morgan fingerprint density at radius 3 is 2.71 bits per heavy atom. The van der Waals surface area contributed by atoms with Gasteiger partial charge in [0.25, 0.3) is 0 Å². The van der Waals surface area contributed by atoms with Crippen molar-refractivity contribution in [3.63, 3.8) is 0 Å². The maximum atomic E-state index is 11.3. The van der Waals surface area contributed by atoms with Crippen LogP contribution in [0.4, 0.5) is 0 Å². The average molecular weight is 235 g/mol. The number of nitrogens with two attached hydrogens (primary N) is 1. The van der Waals surface area contributed by atoms with Gasteiger partial charge in [-0.05, 0) is 18.4 Å². The van der Waals surface area contributed by atoms with Crippen molar-refractivity contribution in [2.24, 2.45) is 5.73 Å². The smallest absolute Gasteiger partial charge is 0.307 e. The van der Waals surface area contributed by atoms with Gasteiger partial charge in [0, 0.05) is 12.8 Å². The van der Waals surface area contributed by atoms with Crippen LogP contribution in [0.2, 0.25) is 0 Å². The van der Waals surface area contributed by atoms with Gasteiger partial charge in [-0.1, -0.05) is 43.7 Å². The van der Waals surface area contributed by atoms with Crippen LogP contribution in [0.15, 0.2) is 30.3 Å². The molecule has 1 aromatic carbocycles. The standard InChI is InChI=1S/C14H21NO2/c1-2-3-9-14(16)17-13(15)11-10-12-7-5-4-6-8-12/h4-8,13H,2-3,9-11,15H2,1H3/t13-/m1/s1. The molecule has 0 fully saturated rings. The van der Waals surface area contributed by atoms with Crippen molar-refractivity contribution in [3.05, 3.63) is 35.9 Å². The second-order valence-electron chi connectivity index (χ2n) is 4.16. The lowest BCUT2D eigenvalue weighted by Gasteiger charge is -2.12. The first-order valence-electron chi connectivity index (χ1n) is 6.21. The first-order valence-corrected chi connectivity index (χ1v) is 6.21. The first kappa shape index (κ1) is 13.7. The van der Waals surface area contributed by atoms with Crippen molar-refractivity contribution in [1.29, 1.82) is 0 Å². The van der Waals surface area contributed by atoms with Gasteiger partial charge in [0.2, 0.25) is 0 Å². The van der Waals surface area contributed by atoms with Gasteiger partial charge in [-0.2, -0.15) is 0 Å². The van der Waals surface area contributed by atoms with Crippen LogP contribution in [0.1, 0.15) is 38.2 Å². The molecule has 1 atom stereocenters. The lowest BCUT2D eigenvalue weighted by atomic mass is 10.1. The summed E-state index contributed by atoms with van der Waals surface area (Å²) in [7, 11) is 0. The predicted octanol–water partition coefficient (Wildman–Crippen LogP) is 2.64. The first-order chi connectivity index (χ1) is 8.22. The third kappa shape index (κ3) is 6.07. The molecule has 0 aliphatic heterocycles. The van der Waals surface area contributed by atoms with Crippen LogP contribution in [0, 0.1) is 0 Å². The van der Waals surface area contributed by atoms with Crippen molar-refractivity contribution >= 4 is 5.97 Å².